The number of nitrogens with zero attached hydrogens (tertiary/aromatic N) is 3. The van der Waals surface area contributed by atoms with Crippen molar-refractivity contribution < 1.29 is 0 Å². The van der Waals surface area contributed by atoms with Gasteiger partial charge in [-0.25, -0.2) is 0 Å². The van der Waals surface area contributed by atoms with Gasteiger partial charge in [0.2, 0.25) is 0 Å². The molecule has 17 heavy (non-hydrogen) atoms. The lowest BCUT2D eigenvalue weighted by molar-refractivity contribution is 0.955. The number of hydrogen-bond acceptors (Lipinski definition) is 7. The monoisotopic (exact) mass is 283 g/mol. The van der Waals surface area contributed by atoms with E-state index in [1.54, 1.807) is 30.2 Å². The van der Waals surface area contributed by atoms with E-state index in [0.29, 0.717) is 5.56 Å². The highest BCUT2D eigenvalue weighted by molar-refractivity contribution is 8.03. The van der Waals surface area contributed by atoms with Crippen LogP contribution in [-0.2, 0) is 0 Å². The van der Waals surface area contributed by atoms with Gasteiger partial charge >= 0.3 is 0 Å². The Hall–Kier alpha value is -1.12. The standard InChI is InChI=1S/C9H9N5S3/c1-15-8-13-14-9(17-8)16-6-4-12-3-2-5(6)7(10)11/h2-4H,1H3,(H3,10,11). The molecule has 0 saturated carbocycles. The zero-order valence-electron chi connectivity index (χ0n) is 8.88. The Morgan fingerprint density at radius 2 is 2.18 bits per heavy atom. The Kier molecular flexibility index (Phi) is 3.97. The summed E-state index contributed by atoms with van der Waals surface area (Å²) in [5.41, 5.74) is 6.18. The molecule has 0 aliphatic carbocycles. The maximum atomic E-state index is 7.48. The fraction of sp³-hybridized carbons (Fsp3) is 0.111. The number of amidine groups is 1. The lowest BCUT2D eigenvalue weighted by Crippen LogP contribution is -2.12. The Labute approximate surface area is 111 Å². The molecule has 88 valence electrons. The maximum Gasteiger partial charge on any atom is 0.179 e. The molecule has 0 aromatic carbocycles. The quantitative estimate of drug-likeness (QED) is 0.507. The number of pyridine rings is 1. The van der Waals surface area contributed by atoms with Crippen LogP contribution in [0.5, 0.6) is 0 Å². The third kappa shape index (κ3) is 2.96. The smallest absolute Gasteiger partial charge is 0.179 e. The molecule has 0 spiro atoms. The van der Waals surface area contributed by atoms with Crippen molar-refractivity contribution in [2.24, 2.45) is 5.73 Å². The fourth-order valence-corrected chi connectivity index (χ4v) is 3.61. The first kappa shape index (κ1) is 12.3. The first-order valence-corrected chi connectivity index (χ1v) is 7.40. The van der Waals surface area contributed by atoms with Crippen LogP contribution in [0.1, 0.15) is 5.56 Å². The lowest BCUT2D eigenvalue weighted by Gasteiger charge is -2.03. The fourth-order valence-electron chi connectivity index (χ4n) is 1.10. The summed E-state index contributed by atoms with van der Waals surface area (Å²) in [7, 11) is 0. The second kappa shape index (κ2) is 5.48. The van der Waals surface area contributed by atoms with Crippen molar-refractivity contribution in [2.45, 2.75) is 13.6 Å². The molecule has 2 heterocycles. The van der Waals surface area contributed by atoms with E-state index in [-0.39, 0.29) is 5.84 Å². The third-order valence-electron chi connectivity index (χ3n) is 1.83. The Morgan fingerprint density at radius 3 is 2.82 bits per heavy atom. The number of rotatable bonds is 4. The van der Waals surface area contributed by atoms with E-state index < -0.39 is 0 Å². The molecule has 2 aromatic rings. The van der Waals surface area contributed by atoms with Gasteiger partial charge < -0.3 is 5.73 Å². The zero-order chi connectivity index (χ0) is 12.3. The first-order chi connectivity index (χ1) is 8.20. The van der Waals surface area contributed by atoms with E-state index in [4.69, 9.17) is 11.1 Å². The molecular formula is C9H9N5S3. The molecule has 0 aliphatic rings. The minimum atomic E-state index is 0.0319. The molecule has 0 bridgehead atoms. The molecule has 3 N–H and O–H groups in total. The summed E-state index contributed by atoms with van der Waals surface area (Å²) < 4.78 is 1.74. The summed E-state index contributed by atoms with van der Waals surface area (Å²) >= 11 is 4.50. The van der Waals surface area contributed by atoms with Crippen molar-refractivity contribution in [1.29, 1.82) is 5.41 Å². The molecule has 0 amide bonds. The summed E-state index contributed by atoms with van der Waals surface area (Å²) in [5.74, 6) is 0.0319. The zero-order valence-corrected chi connectivity index (χ0v) is 11.3. The summed E-state index contributed by atoms with van der Waals surface area (Å²) in [6.07, 6.45) is 5.26. The van der Waals surface area contributed by atoms with Gasteiger partial charge in [-0.05, 0) is 12.3 Å². The van der Waals surface area contributed by atoms with Crippen LogP contribution in [0.25, 0.3) is 0 Å². The molecule has 0 aliphatic heterocycles. The molecule has 0 unspecified atom stereocenters. The molecule has 2 rings (SSSR count). The van der Waals surface area contributed by atoms with Crippen LogP contribution in [-0.4, -0.2) is 27.3 Å². The molecular weight excluding hydrogens is 274 g/mol. The van der Waals surface area contributed by atoms with E-state index in [0.717, 1.165) is 13.6 Å². The topological polar surface area (TPSA) is 88.5 Å². The molecule has 2 aromatic heterocycles. The molecule has 0 saturated heterocycles. The summed E-state index contributed by atoms with van der Waals surface area (Å²) in [6.45, 7) is 0. The highest BCUT2D eigenvalue weighted by Crippen LogP contribution is 2.33. The summed E-state index contributed by atoms with van der Waals surface area (Å²) in [4.78, 5) is 4.85. The van der Waals surface area contributed by atoms with E-state index in [2.05, 4.69) is 15.2 Å². The van der Waals surface area contributed by atoms with E-state index in [1.807, 2.05) is 6.26 Å². The van der Waals surface area contributed by atoms with Gasteiger partial charge in [0.05, 0.1) is 0 Å². The second-order valence-corrected chi connectivity index (χ2v) is 6.25. The van der Waals surface area contributed by atoms with Crippen molar-refractivity contribution in [1.82, 2.24) is 15.2 Å². The predicted octanol–water partition coefficient (Wildman–Crippen LogP) is 2.09. The number of thioether (sulfide) groups is 1. The van der Waals surface area contributed by atoms with Gasteiger partial charge in [-0.3, -0.25) is 10.4 Å². The van der Waals surface area contributed by atoms with Gasteiger partial charge in [0.1, 0.15) is 5.84 Å². The van der Waals surface area contributed by atoms with E-state index in [9.17, 15) is 0 Å². The molecule has 8 heteroatoms. The maximum absolute atomic E-state index is 7.48. The van der Waals surface area contributed by atoms with Gasteiger partial charge in [0, 0.05) is 22.9 Å². The molecule has 0 fully saturated rings. The average molecular weight is 283 g/mol. The molecule has 0 atom stereocenters. The van der Waals surface area contributed by atoms with Crippen LogP contribution >= 0.6 is 34.9 Å². The lowest BCUT2D eigenvalue weighted by atomic mass is 10.2. The van der Waals surface area contributed by atoms with Crippen LogP contribution in [0.4, 0.5) is 0 Å². The first-order valence-electron chi connectivity index (χ1n) is 4.54. The number of nitrogens with two attached hydrogens (primary N) is 1. The minimum Gasteiger partial charge on any atom is -0.384 e. The van der Waals surface area contributed by atoms with Crippen molar-refractivity contribution in [3.63, 3.8) is 0 Å². The van der Waals surface area contributed by atoms with Crippen molar-refractivity contribution in [2.75, 3.05) is 6.26 Å². The second-order valence-electron chi connectivity index (χ2n) is 2.93. The minimum absolute atomic E-state index is 0.0319. The molecule has 0 radical (unpaired) electrons. The van der Waals surface area contributed by atoms with Crippen LogP contribution in [0.3, 0.4) is 0 Å². The highest BCUT2D eigenvalue weighted by atomic mass is 32.2. The van der Waals surface area contributed by atoms with Gasteiger partial charge in [-0.2, -0.15) is 0 Å². The number of nitrogen functional groups attached to an aromatic ring is 1. The number of aromatic nitrogens is 3. The summed E-state index contributed by atoms with van der Waals surface area (Å²) in [6, 6.07) is 1.72. The van der Waals surface area contributed by atoms with Crippen molar-refractivity contribution in [3.05, 3.63) is 24.0 Å². The Morgan fingerprint density at radius 1 is 1.41 bits per heavy atom. The van der Waals surface area contributed by atoms with E-state index in [1.165, 1.54) is 23.1 Å². The summed E-state index contributed by atoms with van der Waals surface area (Å²) in [5, 5.41) is 15.5. The van der Waals surface area contributed by atoms with Crippen LogP contribution in [0, 0.1) is 5.41 Å². The normalized spacial score (nSPS) is 10.4. The van der Waals surface area contributed by atoms with Gasteiger partial charge in [-0.15, -0.1) is 10.2 Å². The van der Waals surface area contributed by atoms with Crippen molar-refractivity contribution >= 4 is 40.7 Å². The van der Waals surface area contributed by atoms with Gasteiger partial charge in [-0.1, -0.05) is 34.9 Å². The van der Waals surface area contributed by atoms with E-state index >= 15 is 0 Å². The largest absolute Gasteiger partial charge is 0.384 e. The van der Waals surface area contributed by atoms with Crippen molar-refractivity contribution in [3.8, 4) is 0 Å². The van der Waals surface area contributed by atoms with Gasteiger partial charge in [0.25, 0.3) is 0 Å². The Bertz CT molecular complexity index is 539. The van der Waals surface area contributed by atoms with Crippen LogP contribution in [0.15, 0.2) is 32.0 Å². The van der Waals surface area contributed by atoms with Crippen LogP contribution < -0.4 is 5.73 Å². The van der Waals surface area contributed by atoms with Gasteiger partial charge in [0.15, 0.2) is 8.68 Å². The average Bonchev–Trinajstić information content (AvgIpc) is 2.77. The molecule has 5 nitrogen and oxygen atoms in total. The van der Waals surface area contributed by atoms with Crippen LogP contribution in [0.2, 0.25) is 0 Å². The predicted molar refractivity (Wildman–Crippen MR) is 71.1 cm³/mol. The SMILES string of the molecule is CSc1nnc(Sc2cnccc2C(=N)N)s1. The third-order valence-corrected chi connectivity index (χ3v) is 4.83. The highest BCUT2D eigenvalue weighted by Gasteiger charge is 2.10. The number of nitrogens with one attached hydrogen (secondary N) is 1. The number of hydrogen-bond donors (Lipinski definition) is 2. The Balaban J connectivity index is 2.26.